The van der Waals surface area contributed by atoms with Crippen LogP contribution in [0.25, 0.3) is 22.0 Å². The molecule has 2 aromatic heterocycles. The molecule has 4 aromatic rings. The number of fused-ring (bicyclic) bond motifs is 1. The van der Waals surface area contributed by atoms with Crippen LogP contribution in [0, 0.1) is 0 Å². The second-order valence-electron chi connectivity index (χ2n) is 11.3. The SMILES string of the molecule is C[Si](C)(C)CCOCn1c(Cc2cccc(O)c2-c2ccc(OC(F)F)c(OC3CC3)c2)cc2c(=O)[nH]ncc21. The molecule has 1 saturated carbocycles. The number of rotatable bonds is 12. The van der Waals surface area contributed by atoms with Crippen molar-refractivity contribution in [1.82, 2.24) is 14.8 Å². The summed E-state index contributed by atoms with van der Waals surface area (Å²) in [5.74, 6) is 0.188. The Balaban J connectivity index is 1.51. The molecule has 0 spiro atoms. The Morgan fingerprint density at radius 3 is 2.67 bits per heavy atom. The molecule has 1 aliphatic carbocycles. The van der Waals surface area contributed by atoms with Gasteiger partial charge in [0.05, 0.1) is 23.2 Å². The van der Waals surface area contributed by atoms with Gasteiger partial charge in [0.15, 0.2) is 11.5 Å². The summed E-state index contributed by atoms with van der Waals surface area (Å²) < 4.78 is 44.5. The summed E-state index contributed by atoms with van der Waals surface area (Å²) in [6.45, 7) is 4.73. The van der Waals surface area contributed by atoms with Crippen LogP contribution in [0.4, 0.5) is 8.78 Å². The number of aromatic nitrogens is 3. The lowest BCUT2D eigenvalue weighted by Gasteiger charge is -2.18. The molecule has 5 rings (SSSR count). The highest BCUT2D eigenvalue weighted by molar-refractivity contribution is 6.76. The minimum Gasteiger partial charge on any atom is -0.507 e. The van der Waals surface area contributed by atoms with Gasteiger partial charge in [-0.05, 0) is 54.3 Å². The van der Waals surface area contributed by atoms with Crippen LogP contribution in [-0.2, 0) is 17.9 Å². The molecular formula is C29H33F2N3O5Si. The highest BCUT2D eigenvalue weighted by Gasteiger charge is 2.26. The lowest BCUT2D eigenvalue weighted by molar-refractivity contribution is -0.0516. The van der Waals surface area contributed by atoms with Crippen LogP contribution in [0.1, 0.15) is 24.1 Å². The number of nitrogens with zero attached hydrogens (tertiary/aromatic N) is 2. The number of ether oxygens (including phenoxy) is 3. The summed E-state index contributed by atoms with van der Waals surface area (Å²) in [5, 5.41) is 17.9. The molecule has 40 heavy (non-hydrogen) atoms. The fourth-order valence-corrected chi connectivity index (χ4v) is 5.32. The first-order valence-corrected chi connectivity index (χ1v) is 17.0. The fourth-order valence-electron chi connectivity index (χ4n) is 4.56. The first kappa shape index (κ1) is 27.8. The number of alkyl halides is 2. The Labute approximate surface area is 231 Å². The predicted molar refractivity (Wildman–Crippen MR) is 151 cm³/mol. The van der Waals surface area contributed by atoms with Crippen LogP contribution >= 0.6 is 0 Å². The molecule has 0 unspecified atom stereocenters. The summed E-state index contributed by atoms with van der Waals surface area (Å²) in [6.07, 6.45) is 3.62. The van der Waals surface area contributed by atoms with Crippen LogP contribution in [0.15, 0.2) is 53.5 Å². The number of nitrogens with one attached hydrogen (secondary N) is 1. The molecular weight excluding hydrogens is 536 g/mol. The third-order valence-corrected chi connectivity index (χ3v) is 8.51. The number of benzene rings is 2. The summed E-state index contributed by atoms with van der Waals surface area (Å²) in [5.41, 5.74) is 3.07. The van der Waals surface area contributed by atoms with E-state index in [9.17, 15) is 18.7 Å². The van der Waals surface area contributed by atoms with Gasteiger partial charge in [-0.15, -0.1) is 0 Å². The molecule has 0 amide bonds. The summed E-state index contributed by atoms with van der Waals surface area (Å²) in [4.78, 5) is 12.6. The zero-order chi connectivity index (χ0) is 28.4. The molecule has 1 fully saturated rings. The van der Waals surface area contributed by atoms with E-state index in [1.54, 1.807) is 30.5 Å². The Hall–Kier alpha value is -3.70. The van der Waals surface area contributed by atoms with Crippen LogP contribution in [0.3, 0.4) is 0 Å². The Bertz CT molecular complexity index is 1560. The molecule has 0 saturated heterocycles. The number of phenolic OH excluding ortho intramolecular Hbond substituents is 1. The Kier molecular flexibility index (Phi) is 7.95. The van der Waals surface area contributed by atoms with Crippen molar-refractivity contribution in [3.63, 3.8) is 0 Å². The monoisotopic (exact) mass is 569 g/mol. The molecule has 11 heteroatoms. The van der Waals surface area contributed by atoms with E-state index in [4.69, 9.17) is 9.47 Å². The largest absolute Gasteiger partial charge is 0.507 e. The van der Waals surface area contributed by atoms with E-state index >= 15 is 0 Å². The third-order valence-electron chi connectivity index (χ3n) is 6.81. The standard InChI is InChI=1S/C29H33F2N3O5Si/c1-40(2,3)12-11-37-17-34-20(15-22-23(34)16-32-33-28(22)36)13-18-5-4-6-24(35)27(18)19-7-10-25(39-29(30)31)26(14-19)38-21-8-9-21/h4-7,10,14-16,21,29,35H,8-9,11-13,17H2,1-3H3,(H,33,36). The van der Waals surface area contributed by atoms with Crippen molar-refractivity contribution >= 4 is 19.0 Å². The topological polar surface area (TPSA) is 98.6 Å². The third kappa shape index (κ3) is 6.53. The van der Waals surface area contributed by atoms with Gasteiger partial charge in [0, 0.05) is 32.4 Å². The van der Waals surface area contributed by atoms with Gasteiger partial charge in [0.1, 0.15) is 12.5 Å². The summed E-state index contributed by atoms with van der Waals surface area (Å²) in [6, 6.07) is 12.7. The van der Waals surface area contributed by atoms with Crippen LogP contribution in [0.5, 0.6) is 17.2 Å². The average Bonchev–Trinajstić information content (AvgIpc) is 3.63. The molecule has 212 valence electrons. The van der Waals surface area contributed by atoms with Gasteiger partial charge in [0.25, 0.3) is 5.56 Å². The first-order chi connectivity index (χ1) is 19.1. The van der Waals surface area contributed by atoms with Crippen molar-refractivity contribution in [2.45, 2.75) is 64.4 Å². The molecule has 8 nitrogen and oxygen atoms in total. The van der Waals surface area contributed by atoms with Gasteiger partial charge >= 0.3 is 6.61 Å². The average molecular weight is 570 g/mol. The molecule has 0 atom stereocenters. The summed E-state index contributed by atoms with van der Waals surface area (Å²) >= 11 is 0. The Morgan fingerprint density at radius 2 is 1.95 bits per heavy atom. The summed E-state index contributed by atoms with van der Waals surface area (Å²) in [7, 11) is -1.28. The molecule has 2 heterocycles. The maximum Gasteiger partial charge on any atom is 0.387 e. The van der Waals surface area contributed by atoms with E-state index in [2.05, 4.69) is 34.6 Å². The lowest BCUT2D eigenvalue weighted by atomic mass is 9.95. The van der Waals surface area contributed by atoms with Gasteiger partial charge < -0.3 is 23.9 Å². The van der Waals surface area contributed by atoms with E-state index in [1.807, 2.05) is 16.7 Å². The van der Waals surface area contributed by atoms with Crippen molar-refractivity contribution < 1.29 is 28.1 Å². The molecule has 0 aliphatic heterocycles. The fraction of sp³-hybridized carbons (Fsp3) is 0.379. The second kappa shape index (κ2) is 11.4. The number of phenols is 1. The number of halogens is 2. The highest BCUT2D eigenvalue weighted by Crippen LogP contribution is 2.41. The lowest BCUT2D eigenvalue weighted by Crippen LogP contribution is -2.22. The van der Waals surface area contributed by atoms with Gasteiger partial charge in [-0.2, -0.15) is 13.9 Å². The Morgan fingerprint density at radius 1 is 1.15 bits per heavy atom. The van der Waals surface area contributed by atoms with Crippen molar-refractivity contribution in [3.05, 3.63) is 70.3 Å². The minimum absolute atomic E-state index is 0.0333. The normalized spacial score (nSPS) is 13.8. The van der Waals surface area contributed by atoms with E-state index in [1.165, 1.54) is 6.07 Å². The molecule has 1 aliphatic rings. The van der Waals surface area contributed by atoms with Crippen molar-refractivity contribution in [2.75, 3.05) is 6.61 Å². The zero-order valence-electron chi connectivity index (χ0n) is 22.7. The van der Waals surface area contributed by atoms with Crippen molar-refractivity contribution in [2.24, 2.45) is 0 Å². The number of aromatic amines is 1. The van der Waals surface area contributed by atoms with Gasteiger partial charge in [-0.1, -0.05) is 37.8 Å². The highest BCUT2D eigenvalue weighted by atomic mass is 28.3. The predicted octanol–water partition coefficient (Wildman–Crippen LogP) is 6.14. The maximum atomic E-state index is 13.0. The van der Waals surface area contributed by atoms with E-state index in [0.29, 0.717) is 35.1 Å². The first-order valence-electron chi connectivity index (χ1n) is 13.3. The van der Waals surface area contributed by atoms with Crippen LogP contribution < -0.4 is 15.0 Å². The van der Waals surface area contributed by atoms with Crippen LogP contribution in [0.2, 0.25) is 25.7 Å². The van der Waals surface area contributed by atoms with Gasteiger partial charge in [0.2, 0.25) is 0 Å². The number of hydrogen-bond donors (Lipinski definition) is 2. The minimum atomic E-state index is -2.99. The molecule has 2 aromatic carbocycles. The van der Waals surface area contributed by atoms with E-state index in [0.717, 1.165) is 30.1 Å². The quantitative estimate of drug-likeness (QED) is 0.157. The maximum absolute atomic E-state index is 13.0. The second-order valence-corrected chi connectivity index (χ2v) is 16.9. The number of hydrogen-bond acceptors (Lipinski definition) is 6. The number of H-pyrrole nitrogens is 1. The van der Waals surface area contributed by atoms with E-state index in [-0.39, 0.29) is 35.6 Å². The van der Waals surface area contributed by atoms with Crippen LogP contribution in [-0.4, -0.2) is 47.3 Å². The molecule has 0 radical (unpaired) electrons. The van der Waals surface area contributed by atoms with Crippen molar-refractivity contribution in [1.29, 1.82) is 0 Å². The molecule has 2 N–H and O–H groups in total. The van der Waals surface area contributed by atoms with Gasteiger partial charge in [-0.25, -0.2) is 5.10 Å². The molecule has 0 bridgehead atoms. The van der Waals surface area contributed by atoms with Crippen molar-refractivity contribution in [3.8, 4) is 28.4 Å². The van der Waals surface area contributed by atoms with E-state index < -0.39 is 14.7 Å². The number of aromatic hydroxyl groups is 1. The zero-order valence-corrected chi connectivity index (χ0v) is 23.7. The smallest absolute Gasteiger partial charge is 0.387 e. The van der Waals surface area contributed by atoms with Gasteiger partial charge in [-0.3, -0.25) is 4.79 Å².